The van der Waals surface area contributed by atoms with Gasteiger partial charge >= 0.3 is 0 Å². The second-order valence-electron chi connectivity index (χ2n) is 8.34. The molecule has 1 N–H and O–H groups in total. The maximum atomic E-state index is 12.9. The van der Waals surface area contributed by atoms with Crippen molar-refractivity contribution >= 4 is 5.91 Å². The Bertz CT molecular complexity index is 666. The van der Waals surface area contributed by atoms with Crippen LogP contribution in [-0.4, -0.2) is 59.0 Å². The van der Waals surface area contributed by atoms with Crippen LogP contribution in [0.2, 0.25) is 0 Å². The van der Waals surface area contributed by atoms with Crippen molar-refractivity contribution < 1.29 is 14.6 Å². The molecule has 6 nitrogen and oxygen atoms in total. The lowest BCUT2D eigenvalue weighted by molar-refractivity contribution is -0.189. The summed E-state index contributed by atoms with van der Waals surface area (Å²) in [6.07, 6.45) is 7.82. The molecule has 4 rings (SSSR count). The zero-order valence-corrected chi connectivity index (χ0v) is 16.3. The van der Waals surface area contributed by atoms with Gasteiger partial charge in [-0.3, -0.25) is 9.78 Å². The Morgan fingerprint density at radius 3 is 2.81 bits per heavy atom. The number of nitrogens with zero attached hydrogens (tertiary/aromatic N) is 3. The van der Waals surface area contributed by atoms with Crippen LogP contribution < -0.4 is 0 Å². The lowest BCUT2D eigenvalue weighted by Crippen LogP contribution is -2.43. The highest BCUT2D eigenvalue weighted by atomic mass is 16.6. The molecule has 1 aromatic rings. The highest BCUT2D eigenvalue weighted by Gasteiger charge is 2.48. The van der Waals surface area contributed by atoms with Crippen molar-refractivity contribution in [2.75, 3.05) is 33.2 Å². The van der Waals surface area contributed by atoms with E-state index in [0.29, 0.717) is 0 Å². The van der Waals surface area contributed by atoms with Crippen LogP contribution in [0.15, 0.2) is 18.3 Å². The second kappa shape index (κ2) is 7.86. The largest absolute Gasteiger partial charge is 0.364 e. The molecule has 1 amide bonds. The minimum atomic E-state index is -0.895. The minimum absolute atomic E-state index is 0.0514. The number of aliphatic hydroxyl groups excluding tert-OH is 1. The molecule has 1 aromatic heterocycles. The van der Waals surface area contributed by atoms with Crippen LogP contribution in [0.25, 0.3) is 0 Å². The Morgan fingerprint density at radius 1 is 1.33 bits per heavy atom. The lowest BCUT2D eigenvalue weighted by Gasteiger charge is -2.37. The summed E-state index contributed by atoms with van der Waals surface area (Å²) in [6, 6.07) is 3.71. The van der Waals surface area contributed by atoms with E-state index in [0.717, 1.165) is 50.0 Å². The molecule has 0 aromatic carbocycles. The zero-order valence-electron chi connectivity index (χ0n) is 16.3. The van der Waals surface area contributed by atoms with Crippen LogP contribution in [0.5, 0.6) is 0 Å². The Hall–Kier alpha value is -1.50. The van der Waals surface area contributed by atoms with Crippen LogP contribution in [-0.2, 0) is 15.1 Å². The van der Waals surface area contributed by atoms with E-state index < -0.39 is 11.9 Å². The van der Waals surface area contributed by atoms with Crippen LogP contribution in [0, 0.1) is 5.92 Å². The number of likely N-dealkylation sites (tertiary alicyclic amines) is 1. The number of hydrogen-bond donors (Lipinski definition) is 1. The quantitative estimate of drug-likeness (QED) is 0.878. The summed E-state index contributed by atoms with van der Waals surface area (Å²) >= 11 is 0. The number of ether oxygens (including phenoxy) is 1. The number of rotatable bonds is 4. The van der Waals surface area contributed by atoms with Gasteiger partial charge in [-0.25, -0.2) is 0 Å². The van der Waals surface area contributed by atoms with Gasteiger partial charge in [0.15, 0.2) is 6.29 Å². The van der Waals surface area contributed by atoms with E-state index in [1.165, 1.54) is 32.4 Å². The third-order valence-electron chi connectivity index (χ3n) is 6.59. The molecule has 148 valence electrons. The maximum absolute atomic E-state index is 12.9. The van der Waals surface area contributed by atoms with E-state index in [1.807, 2.05) is 24.1 Å². The third kappa shape index (κ3) is 3.75. The number of amides is 1. The number of aliphatic hydroxyl groups is 1. The van der Waals surface area contributed by atoms with E-state index >= 15 is 0 Å². The Kier molecular flexibility index (Phi) is 5.48. The highest BCUT2D eigenvalue weighted by molar-refractivity contribution is 5.78. The van der Waals surface area contributed by atoms with Crippen molar-refractivity contribution in [2.45, 2.75) is 56.8 Å². The topological polar surface area (TPSA) is 65.9 Å². The summed E-state index contributed by atoms with van der Waals surface area (Å²) in [7, 11) is 1.93. The predicted octanol–water partition coefficient (Wildman–Crippen LogP) is 2.43. The minimum Gasteiger partial charge on any atom is -0.364 e. The molecule has 27 heavy (non-hydrogen) atoms. The van der Waals surface area contributed by atoms with E-state index in [4.69, 9.17) is 4.74 Å². The number of piperidine rings is 1. The van der Waals surface area contributed by atoms with Crippen molar-refractivity contribution in [3.05, 3.63) is 29.6 Å². The summed E-state index contributed by atoms with van der Waals surface area (Å²) < 4.78 is 5.94. The van der Waals surface area contributed by atoms with Crippen molar-refractivity contribution in [1.29, 1.82) is 0 Å². The van der Waals surface area contributed by atoms with Gasteiger partial charge in [-0.1, -0.05) is 12.5 Å². The highest BCUT2D eigenvalue weighted by Crippen LogP contribution is 2.50. The van der Waals surface area contributed by atoms with Crippen molar-refractivity contribution in [2.24, 2.45) is 5.92 Å². The van der Waals surface area contributed by atoms with E-state index in [9.17, 15) is 9.90 Å². The molecule has 1 spiro atoms. The van der Waals surface area contributed by atoms with E-state index in [-0.39, 0.29) is 11.8 Å². The SMILES string of the molecule is CN(CCN1CCCCC1)C(=O)C1CCC2(CC1)OC(O)c1cccnc12. The predicted molar refractivity (Wildman–Crippen MR) is 102 cm³/mol. The molecule has 1 aliphatic carbocycles. The Labute approximate surface area is 161 Å². The summed E-state index contributed by atoms with van der Waals surface area (Å²) in [5, 5.41) is 10.2. The molecule has 6 heteroatoms. The number of aromatic nitrogens is 1. The first-order valence-electron chi connectivity index (χ1n) is 10.4. The summed E-state index contributed by atoms with van der Waals surface area (Å²) in [4.78, 5) is 21.8. The first-order valence-corrected chi connectivity index (χ1v) is 10.4. The van der Waals surface area contributed by atoms with Crippen molar-refractivity contribution in [3.8, 4) is 0 Å². The van der Waals surface area contributed by atoms with Crippen molar-refractivity contribution in [1.82, 2.24) is 14.8 Å². The molecular formula is C21H31N3O3. The summed E-state index contributed by atoms with van der Waals surface area (Å²) in [5.74, 6) is 0.303. The number of carbonyl (C=O) groups is 1. The molecule has 3 aliphatic rings. The summed E-state index contributed by atoms with van der Waals surface area (Å²) in [6.45, 7) is 4.12. The molecule has 1 atom stereocenters. The number of fused-ring (bicyclic) bond motifs is 2. The molecule has 1 unspecified atom stereocenters. The van der Waals surface area contributed by atoms with Gasteiger partial charge in [0.1, 0.15) is 5.60 Å². The molecular weight excluding hydrogens is 342 g/mol. The molecule has 0 radical (unpaired) electrons. The number of likely N-dealkylation sites (N-methyl/N-ethyl adjacent to an activating group) is 1. The molecule has 1 saturated heterocycles. The van der Waals surface area contributed by atoms with E-state index in [2.05, 4.69) is 9.88 Å². The Balaban J connectivity index is 1.32. The smallest absolute Gasteiger partial charge is 0.225 e. The van der Waals surface area contributed by atoms with Crippen LogP contribution in [0.3, 0.4) is 0 Å². The monoisotopic (exact) mass is 373 g/mol. The van der Waals surface area contributed by atoms with Gasteiger partial charge in [0.25, 0.3) is 0 Å². The normalized spacial score (nSPS) is 31.0. The lowest BCUT2D eigenvalue weighted by atomic mass is 9.76. The van der Waals surface area contributed by atoms with Gasteiger partial charge in [-0.15, -0.1) is 0 Å². The van der Waals surface area contributed by atoms with Gasteiger partial charge < -0.3 is 19.6 Å². The van der Waals surface area contributed by atoms with Gasteiger partial charge in [0.05, 0.1) is 5.69 Å². The van der Waals surface area contributed by atoms with Crippen LogP contribution >= 0.6 is 0 Å². The first-order chi connectivity index (χ1) is 13.1. The van der Waals surface area contributed by atoms with Gasteiger partial charge in [-0.05, 0) is 57.7 Å². The third-order valence-corrected chi connectivity index (χ3v) is 6.59. The molecule has 2 fully saturated rings. The van der Waals surface area contributed by atoms with E-state index in [1.54, 1.807) is 6.20 Å². The Morgan fingerprint density at radius 2 is 2.07 bits per heavy atom. The fraction of sp³-hybridized carbons (Fsp3) is 0.714. The fourth-order valence-electron chi connectivity index (χ4n) is 4.91. The van der Waals surface area contributed by atoms with Crippen molar-refractivity contribution in [3.63, 3.8) is 0 Å². The van der Waals surface area contributed by atoms with Gasteiger partial charge in [0.2, 0.25) is 5.91 Å². The number of carbonyl (C=O) groups excluding carboxylic acids is 1. The van der Waals surface area contributed by atoms with Crippen LogP contribution in [0.4, 0.5) is 0 Å². The average molecular weight is 373 g/mol. The number of hydrogen-bond acceptors (Lipinski definition) is 5. The zero-order chi connectivity index (χ0) is 18.9. The first kappa shape index (κ1) is 18.8. The molecule has 3 heterocycles. The molecule has 1 saturated carbocycles. The maximum Gasteiger partial charge on any atom is 0.225 e. The van der Waals surface area contributed by atoms with Gasteiger partial charge in [-0.2, -0.15) is 0 Å². The molecule has 0 bridgehead atoms. The average Bonchev–Trinajstić information content (AvgIpc) is 2.99. The second-order valence-corrected chi connectivity index (χ2v) is 8.34. The summed E-state index contributed by atoms with van der Waals surface area (Å²) in [5.41, 5.74) is 1.13. The molecule has 2 aliphatic heterocycles. The number of pyridine rings is 1. The fourth-order valence-corrected chi connectivity index (χ4v) is 4.91. The van der Waals surface area contributed by atoms with Gasteiger partial charge in [0, 0.05) is 37.8 Å². The standard InChI is InChI=1S/C21H31N3O3/c1-23(14-15-24-12-3-2-4-13-24)19(25)16-7-9-21(10-8-16)18-17(20(26)27-21)6-5-11-22-18/h5-6,11,16,20,26H,2-4,7-10,12-15H2,1H3. The van der Waals surface area contributed by atoms with Crippen LogP contribution in [0.1, 0.15) is 62.5 Å².